The van der Waals surface area contributed by atoms with Crippen LogP contribution < -0.4 is 11.2 Å². The summed E-state index contributed by atoms with van der Waals surface area (Å²) < 4.78 is 13.4. The monoisotopic (exact) mass is 280 g/mol. The van der Waals surface area contributed by atoms with Crippen molar-refractivity contribution in [1.29, 1.82) is 0 Å². The van der Waals surface area contributed by atoms with E-state index in [1.807, 2.05) is 0 Å². The minimum absolute atomic E-state index is 0.157. The van der Waals surface area contributed by atoms with E-state index in [0.717, 1.165) is 6.07 Å². The van der Waals surface area contributed by atoms with Crippen molar-refractivity contribution >= 4 is 34.5 Å². The third-order valence-corrected chi connectivity index (χ3v) is 2.91. The average molecular weight is 280 g/mol. The largest absolute Gasteiger partial charge is 0.478 e. The summed E-state index contributed by atoms with van der Waals surface area (Å²) in [7, 11) is 0. The molecule has 0 aliphatic rings. The number of nitrogens with one attached hydrogen (secondary N) is 1. The second-order valence-electron chi connectivity index (χ2n) is 3.46. The first kappa shape index (κ1) is 13.0. The number of carbonyl (C=O) groups is 1. The number of aromatic nitrogens is 1. The highest BCUT2D eigenvalue weighted by molar-refractivity contribution is 7.14. The first-order valence-corrected chi connectivity index (χ1v) is 5.98. The summed E-state index contributed by atoms with van der Waals surface area (Å²) in [6.07, 6.45) is 1.21. The van der Waals surface area contributed by atoms with Crippen LogP contribution in [0.2, 0.25) is 0 Å². The van der Waals surface area contributed by atoms with Gasteiger partial charge in [-0.2, -0.15) is 5.10 Å². The summed E-state index contributed by atoms with van der Waals surface area (Å²) in [5.41, 5.74) is 7.74. The summed E-state index contributed by atoms with van der Waals surface area (Å²) >= 11 is 1.25. The van der Waals surface area contributed by atoms with E-state index < -0.39 is 17.3 Å². The van der Waals surface area contributed by atoms with E-state index in [9.17, 15) is 9.18 Å². The molecule has 19 heavy (non-hydrogen) atoms. The zero-order chi connectivity index (χ0) is 13.8. The molecule has 0 radical (unpaired) electrons. The second kappa shape index (κ2) is 5.44. The lowest BCUT2D eigenvalue weighted by Crippen LogP contribution is -2.06. The van der Waals surface area contributed by atoms with Gasteiger partial charge in [-0.05, 0) is 6.07 Å². The van der Waals surface area contributed by atoms with Gasteiger partial charge in [-0.25, -0.2) is 14.2 Å². The maximum Gasteiger partial charge on any atom is 0.339 e. The van der Waals surface area contributed by atoms with E-state index >= 15 is 0 Å². The number of aromatic carboxylic acids is 1. The maximum absolute atomic E-state index is 13.4. The Morgan fingerprint density at radius 1 is 1.58 bits per heavy atom. The van der Waals surface area contributed by atoms with E-state index in [2.05, 4.69) is 15.5 Å². The number of nitrogens with two attached hydrogens (primary N) is 1. The molecule has 0 aliphatic heterocycles. The molecule has 0 amide bonds. The lowest BCUT2D eigenvalue weighted by molar-refractivity contribution is 0.0692. The van der Waals surface area contributed by atoms with E-state index in [0.29, 0.717) is 10.9 Å². The Labute approximate surface area is 111 Å². The number of rotatable bonds is 4. The maximum atomic E-state index is 13.4. The molecule has 0 saturated heterocycles. The Kier molecular flexibility index (Phi) is 3.71. The van der Waals surface area contributed by atoms with Gasteiger partial charge >= 0.3 is 5.97 Å². The summed E-state index contributed by atoms with van der Waals surface area (Å²) in [5, 5.41) is 14.8. The van der Waals surface area contributed by atoms with Crippen LogP contribution >= 0.6 is 11.3 Å². The van der Waals surface area contributed by atoms with Crippen LogP contribution in [0.1, 0.15) is 15.9 Å². The topological polar surface area (TPSA) is 101 Å². The summed E-state index contributed by atoms with van der Waals surface area (Å²) in [4.78, 5) is 14.8. The Hall–Kier alpha value is -2.48. The van der Waals surface area contributed by atoms with E-state index in [-0.39, 0.29) is 5.56 Å². The van der Waals surface area contributed by atoms with Gasteiger partial charge in [0.15, 0.2) is 0 Å². The molecule has 2 rings (SSSR count). The van der Waals surface area contributed by atoms with Crippen LogP contribution in [-0.2, 0) is 0 Å². The molecule has 4 N–H and O–H groups in total. The number of carboxylic acids is 1. The van der Waals surface area contributed by atoms with Crippen LogP contribution in [-0.4, -0.2) is 22.3 Å². The van der Waals surface area contributed by atoms with Crippen molar-refractivity contribution in [3.8, 4) is 0 Å². The van der Waals surface area contributed by atoms with Gasteiger partial charge in [-0.3, -0.25) is 5.43 Å². The molecule has 2 aromatic rings. The molecular formula is C11H9FN4O2S. The van der Waals surface area contributed by atoms with Crippen molar-refractivity contribution in [3.63, 3.8) is 0 Å². The number of hydrazone groups is 1. The molecular weight excluding hydrogens is 271 g/mol. The standard InChI is InChI=1S/C11H9FN4O2S/c12-7-3-1-2-6(9(7)10(17)18)4-14-16-11-15-8(13)5-19-11/h1-5H,13H2,(H,15,16)(H,17,18). The lowest BCUT2D eigenvalue weighted by Gasteiger charge is -2.01. The third kappa shape index (κ3) is 3.05. The molecule has 0 bridgehead atoms. The van der Waals surface area contributed by atoms with Crippen LogP contribution in [0, 0.1) is 5.82 Å². The highest BCUT2D eigenvalue weighted by Crippen LogP contribution is 2.16. The molecule has 0 atom stereocenters. The third-order valence-electron chi connectivity index (χ3n) is 2.15. The Balaban J connectivity index is 2.19. The molecule has 0 aliphatic carbocycles. The van der Waals surface area contributed by atoms with Crippen LogP contribution in [0.15, 0.2) is 28.7 Å². The molecule has 0 fully saturated rings. The zero-order valence-electron chi connectivity index (χ0n) is 9.50. The Morgan fingerprint density at radius 3 is 3.00 bits per heavy atom. The summed E-state index contributed by atoms with van der Waals surface area (Å²) in [5.74, 6) is -1.80. The number of benzene rings is 1. The number of nitrogen functional groups attached to an aromatic ring is 1. The van der Waals surface area contributed by atoms with Gasteiger partial charge in [0.25, 0.3) is 0 Å². The number of nitrogens with zero attached hydrogens (tertiary/aromatic N) is 2. The molecule has 8 heteroatoms. The number of hydrogen-bond acceptors (Lipinski definition) is 6. The van der Waals surface area contributed by atoms with Crippen molar-refractivity contribution in [2.45, 2.75) is 0 Å². The summed E-state index contributed by atoms with van der Waals surface area (Å²) in [6.45, 7) is 0. The highest BCUT2D eigenvalue weighted by atomic mass is 32.1. The van der Waals surface area contributed by atoms with Gasteiger partial charge < -0.3 is 10.8 Å². The number of hydrogen-bond donors (Lipinski definition) is 3. The highest BCUT2D eigenvalue weighted by Gasteiger charge is 2.13. The van der Waals surface area contributed by atoms with Crippen molar-refractivity contribution in [2.75, 3.05) is 11.2 Å². The number of anilines is 2. The Morgan fingerprint density at radius 2 is 2.37 bits per heavy atom. The fraction of sp³-hybridized carbons (Fsp3) is 0. The number of carboxylic acid groups (broad SMARTS) is 1. The van der Waals surface area contributed by atoms with Gasteiger partial charge in [0.1, 0.15) is 17.2 Å². The minimum atomic E-state index is -1.35. The molecule has 6 nitrogen and oxygen atoms in total. The molecule has 1 aromatic carbocycles. The lowest BCUT2D eigenvalue weighted by atomic mass is 10.1. The van der Waals surface area contributed by atoms with Gasteiger partial charge in [0.05, 0.1) is 6.21 Å². The number of thiazole rings is 1. The average Bonchev–Trinajstić information content (AvgIpc) is 2.74. The smallest absolute Gasteiger partial charge is 0.339 e. The minimum Gasteiger partial charge on any atom is -0.478 e. The second-order valence-corrected chi connectivity index (χ2v) is 4.31. The summed E-state index contributed by atoms with van der Waals surface area (Å²) in [6, 6.07) is 3.94. The van der Waals surface area contributed by atoms with Gasteiger partial charge in [-0.1, -0.05) is 12.1 Å². The molecule has 1 aromatic heterocycles. The fourth-order valence-corrected chi connectivity index (χ4v) is 1.92. The fourth-order valence-electron chi connectivity index (χ4n) is 1.37. The van der Waals surface area contributed by atoms with Gasteiger partial charge in [-0.15, -0.1) is 11.3 Å². The molecule has 0 unspecified atom stereocenters. The SMILES string of the molecule is Nc1csc(NN=Cc2cccc(F)c2C(=O)O)n1. The van der Waals surface area contributed by atoms with Crippen LogP contribution in [0.5, 0.6) is 0 Å². The molecule has 1 heterocycles. The van der Waals surface area contributed by atoms with Crippen molar-refractivity contribution in [3.05, 3.63) is 40.5 Å². The van der Waals surface area contributed by atoms with E-state index in [4.69, 9.17) is 10.8 Å². The predicted molar refractivity (Wildman–Crippen MR) is 71.1 cm³/mol. The Bertz CT molecular complexity index is 641. The van der Waals surface area contributed by atoms with E-state index in [1.165, 1.54) is 29.7 Å². The van der Waals surface area contributed by atoms with Gasteiger partial charge in [0.2, 0.25) is 5.13 Å². The van der Waals surface area contributed by atoms with Crippen LogP contribution in [0.4, 0.5) is 15.3 Å². The normalized spacial score (nSPS) is 10.8. The predicted octanol–water partition coefficient (Wildman–Crippen LogP) is 2.01. The first-order valence-electron chi connectivity index (χ1n) is 5.10. The first-order chi connectivity index (χ1) is 9.08. The van der Waals surface area contributed by atoms with Crippen molar-refractivity contribution in [2.24, 2.45) is 5.10 Å². The van der Waals surface area contributed by atoms with E-state index in [1.54, 1.807) is 5.38 Å². The quantitative estimate of drug-likeness (QED) is 0.587. The van der Waals surface area contributed by atoms with Gasteiger partial charge in [0, 0.05) is 10.9 Å². The van der Waals surface area contributed by atoms with Crippen LogP contribution in [0.3, 0.4) is 0 Å². The van der Waals surface area contributed by atoms with Crippen molar-refractivity contribution < 1.29 is 14.3 Å². The number of halogens is 1. The molecule has 98 valence electrons. The zero-order valence-corrected chi connectivity index (χ0v) is 10.3. The van der Waals surface area contributed by atoms with Crippen molar-refractivity contribution in [1.82, 2.24) is 4.98 Å². The molecule has 0 spiro atoms. The molecule has 0 saturated carbocycles. The van der Waals surface area contributed by atoms with Crippen LogP contribution in [0.25, 0.3) is 0 Å².